The number of anilines is 5. The molecule has 0 unspecified atom stereocenters. The number of aromatic nitrogens is 1. The molecular weight excluding hydrogens is 522 g/mol. The van der Waals surface area contributed by atoms with Crippen molar-refractivity contribution in [2.75, 3.05) is 33.9 Å². The first kappa shape index (κ1) is 27.5. The van der Waals surface area contributed by atoms with Crippen LogP contribution in [0.2, 0.25) is 0 Å². The van der Waals surface area contributed by atoms with Crippen LogP contribution in [-0.4, -0.2) is 51.8 Å². The van der Waals surface area contributed by atoms with Gasteiger partial charge in [-0.05, 0) is 97.8 Å². The monoisotopic (exact) mass is 553 g/mol. The second-order valence-electron chi connectivity index (χ2n) is 9.87. The number of nitrogens with zero attached hydrogens (tertiary/aromatic N) is 2. The topological polar surface area (TPSA) is 136 Å². The van der Waals surface area contributed by atoms with Gasteiger partial charge in [0.1, 0.15) is 12.2 Å². The number of hydrogen-bond acceptors (Lipinski definition) is 6. The number of aliphatic carboxylic acids is 1. The van der Waals surface area contributed by atoms with E-state index in [4.69, 9.17) is 5.11 Å². The maximum Gasteiger partial charge on any atom is 0.323 e. The van der Waals surface area contributed by atoms with E-state index in [9.17, 15) is 19.5 Å². The van der Waals surface area contributed by atoms with Crippen LogP contribution in [0.1, 0.15) is 33.7 Å². The fraction of sp³-hybridized carbons (Fsp3) is 0.194. The number of piperidine rings is 1. The number of nitrogens with one attached hydrogen (secondary N) is 3. The highest BCUT2D eigenvalue weighted by Crippen LogP contribution is 2.23. The molecule has 1 aliphatic heterocycles. The molecule has 0 radical (unpaired) electrons. The summed E-state index contributed by atoms with van der Waals surface area (Å²) < 4.78 is 1.37. The van der Waals surface area contributed by atoms with Crippen LogP contribution >= 0.6 is 0 Å². The molecule has 0 atom stereocenters. The Balaban J connectivity index is 1.13. The average molecular weight is 554 g/mol. The normalized spacial score (nSPS) is 13.4. The summed E-state index contributed by atoms with van der Waals surface area (Å²) in [4.78, 5) is 38.5. The smallest absolute Gasteiger partial charge is 0.323 e. The third kappa shape index (κ3) is 7.11. The second kappa shape index (κ2) is 12.4. The molecule has 4 aromatic rings. The minimum Gasteiger partial charge on any atom is -0.480 e. The van der Waals surface area contributed by atoms with E-state index in [1.807, 2.05) is 60.7 Å². The van der Waals surface area contributed by atoms with E-state index >= 15 is 0 Å². The van der Waals surface area contributed by atoms with Gasteiger partial charge in [0.25, 0.3) is 11.8 Å². The molecule has 41 heavy (non-hydrogen) atoms. The molecule has 1 aliphatic rings. The lowest BCUT2D eigenvalue weighted by Gasteiger charge is -2.31. The van der Waals surface area contributed by atoms with Crippen LogP contribution in [0.4, 0.5) is 28.4 Å². The summed E-state index contributed by atoms with van der Waals surface area (Å²) in [5, 5.41) is 27.7. The van der Waals surface area contributed by atoms with Crippen LogP contribution in [0.15, 0.2) is 91.1 Å². The van der Waals surface area contributed by atoms with E-state index in [1.54, 1.807) is 30.5 Å². The van der Waals surface area contributed by atoms with Crippen molar-refractivity contribution in [2.45, 2.75) is 25.5 Å². The lowest BCUT2D eigenvalue weighted by Crippen LogP contribution is -2.35. The predicted octanol–water partition coefficient (Wildman–Crippen LogP) is 4.78. The zero-order chi connectivity index (χ0) is 28.8. The molecule has 0 aliphatic carbocycles. The molecule has 5 rings (SSSR count). The van der Waals surface area contributed by atoms with Gasteiger partial charge in [-0.25, -0.2) is 0 Å². The van der Waals surface area contributed by atoms with E-state index in [0.717, 1.165) is 43.0 Å². The number of carboxylic acid groups (broad SMARTS) is 1. The first-order chi connectivity index (χ1) is 19.8. The second-order valence-corrected chi connectivity index (χ2v) is 9.87. The number of carbonyl (C=O) groups is 3. The van der Waals surface area contributed by atoms with Gasteiger partial charge in [0.2, 0.25) is 0 Å². The number of aliphatic hydroxyl groups excluding tert-OH is 1. The summed E-state index contributed by atoms with van der Waals surface area (Å²) in [6.07, 6.45) is 2.83. The number of hydrogen-bond donors (Lipinski definition) is 5. The quantitative estimate of drug-likeness (QED) is 0.201. The van der Waals surface area contributed by atoms with Crippen molar-refractivity contribution in [1.82, 2.24) is 4.57 Å². The molecule has 2 heterocycles. The molecule has 1 fully saturated rings. The molecule has 10 heteroatoms. The molecule has 5 N–H and O–H groups in total. The molecule has 210 valence electrons. The minimum absolute atomic E-state index is 0.195. The molecule has 10 nitrogen and oxygen atoms in total. The highest BCUT2D eigenvalue weighted by Gasteiger charge is 2.18. The van der Waals surface area contributed by atoms with Crippen molar-refractivity contribution in [3.8, 4) is 0 Å². The van der Waals surface area contributed by atoms with Crippen LogP contribution in [-0.2, 0) is 11.3 Å². The first-order valence-electron chi connectivity index (χ1n) is 13.3. The SMILES string of the molecule is O=C(O)Cn1cccc1C(=O)Nc1ccc(Nc2ccc(NC(=O)c3ccc(N4CCC(O)CC4)cc3)cc2)cc1. The van der Waals surface area contributed by atoms with Crippen molar-refractivity contribution >= 4 is 46.2 Å². The number of rotatable bonds is 9. The van der Waals surface area contributed by atoms with Gasteiger partial charge in [0, 0.05) is 53.3 Å². The Bertz CT molecular complexity index is 1510. The van der Waals surface area contributed by atoms with Crippen LogP contribution in [0, 0.1) is 0 Å². The summed E-state index contributed by atoms with van der Waals surface area (Å²) in [6.45, 7) is 1.32. The summed E-state index contributed by atoms with van der Waals surface area (Å²) in [5.41, 5.74) is 4.74. The summed E-state index contributed by atoms with van der Waals surface area (Å²) >= 11 is 0. The van der Waals surface area contributed by atoms with Gasteiger partial charge >= 0.3 is 5.97 Å². The average Bonchev–Trinajstić information content (AvgIpc) is 3.43. The highest BCUT2D eigenvalue weighted by atomic mass is 16.4. The first-order valence-corrected chi connectivity index (χ1v) is 13.3. The lowest BCUT2D eigenvalue weighted by atomic mass is 10.1. The Hall–Kier alpha value is -5.09. The van der Waals surface area contributed by atoms with Gasteiger partial charge in [-0.3, -0.25) is 14.4 Å². The Kier molecular flexibility index (Phi) is 8.31. The molecule has 1 aromatic heterocycles. The number of benzene rings is 3. The van der Waals surface area contributed by atoms with Crippen LogP contribution < -0.4 is 20.9 Å². The van der Waals surface area contributed by atoms with Gasteiger partial charge in [0.05, 0.1) is 6.10 Å². The standard InChI is InChI=1S/C31H31N5O5/c37-27-15-18-35(19-16-27)26-13-3-21(4-14-26)30(40)33-24-9-5-22(6-10-24)32-23-7-11-25(12-8-23)34-31(41)28-2-1-17-36(28)20-29(38)39/h1-14,17,27,32,37H,15-16,18-20H2,(H,33,40)(H,34,41)(H,38,39). The Morgan fingerprint density at radius 1 is 0.732 bits per heavy atom. The van der Waals surface area contributed by atoms with Gasteiger partial charge in [-0.2, -0.15) is 0 Å². The fourth-order valence-corrected chi connectivity index (χ4v) is 4.69. The molecule has 3 aromatic carbocycles. The lowest BCUT2D eigenvalue weighted by molar-refractivity contribution is -0.137. The van der Waals surface area contributed by atoms with Gasteiger partial charge < -0.3 is 35.6 Å². The van der Waals surface area contributed by atoms with E-state index in [2.05, 4.69) is 20.9 Å². The van der Waals surface area contributed by atoms with Crippen molar-refractivity contribution in [1.29, 1.82) is 0 Å². The summed E-state index contributed by atoms with van der Waals surface area (Å²) in [6, 6.07) is 25.2. The molecule has 2 amide bonds. The van der Waals surface area contributed by atoms with Crippen LogP contribution in [0.3, 0.4) is 0 Å². The number of carboxylic acids is 1. The molecule has 0 saturated carbocycles. The van der Waals surface area contributed by atoms with Crippen molar-refractivity contribution in [3.63, 3.8) is 0 Å². The molecule has 0 bridgehead atoms. The summed E-state index contributed by atoms with van der Waals surface area (Å²) in [5.74, 6) is -1.62. The predicted molar refractivity (Wildman–Crippen MR) is 158 cm³/mol. The molecule has 1 saturated heterocycles. The minimum atomic E-state index is -1.03. The van der Waals surface area contributed by atoms with E-state index < -0.39 is 11.9 Å². The van der Waals surface area contributed by atoms with Crippen LogP contribution in [0.25, 0.3) is 0 Å². The zero-order valence-electron chi connectivity index (χ0n) is 22.3. The Morgan fingerprint density at radius 2 is 1.27 bits per heavy atom. The van der Waals surface area contributed by atoms with E-state index in [1.165, 1.54) is 4.57 Å². The zero-order valence-corrected chi connectivity index (χ0v) is 22.3. The molecular formula is C31H31N5O5. The third-order valence-corrected chi connectivity index (χ3v) is 6.90. The van der Waals surface area contributed by atoms with Crippen molar-refractivity contribution < 1.29 is 24.6 Å². The van der Waals surface area contributed by atoms with Gasteiger partial charge in [-0.15, -0.1) is 0 Å². The number of amides is 2. The van der Waals surface area contributed by atoms with E-state index in [-0.39, 0.29) is 24.2 Å². The highest BCUT2D eigenvalue weighted by molar-refractivity contribution is 6.04. The third-order valence-electron chi connectivity index (χ3n) is 6.90. The molecule has 0 spiro atoms. The Morgan fingerprint density at radius 3 is 1.83 bits per heavy atom. The van der Waals surface area contributed by atoms with Crippen LogP contribution in [0.5, 0.6) is 0 Å². The maximum absolute atomic E-state index is 12.7. The van der Waals surface area contributed by atoms with Crippen molar-refractivity contribution in [2.24, 2.45) is 0 Å². The summed E-state index contributed by atoms with van der Waals surface area (Å²) in [7, 11) is 0. The number of carbonyl (C=O) groups excluding carboxylic acids is 2. The van der Waals surface area contributed by atoms with Gasteiger partial charge in [-0.1, -0.05) is 0 Å². The van der Waals surface area contributed by atoms with Crippen molar-refractivity contribution in [3.05, 3.63) is 102 Å². The fourth-order valence-electron chi connectivity index (χ4n) is 4.69. The number of aliphatic hydroxyl groups is 1. The van der Waals surface area contributed by atoms with E-state index in [0.29, 0.717) is 16.9 Å². The maximum atomic E-state index is 12.7. The Labute approximate surface area is 237 Å². The van der Waals surface area contributed by atoms with Gasteiger partial charge in [0.15, 0.2) is 0 Å². The largest absolute Gasteiger partial charge is 0.480 e.